The van der Waals surface area contributed by atoms with Crippen LogP contribution in [0, 0.1) is 0 Å². The highest BCUT2D eigenvalue weighted by atomic mass is 35.5. The molecule has 132 valence electrons. The van der Waals surface area contributed by atoms with E-state index in [2.05, 4.69) is 10.3 Å². The summed E-state index contributed by atoms with van der Waals surface area (Å²) >= 11 is 6.16. The SMILES string of the molecule is COc1ccc(CCC(=O)N2CCNCC2c2cccnc2)cc1Cl. The number of carbonyl (C=O) groups excluding carboxylic acids is 1. The van der Waals surface area contributed by atoms with E-state index >= 15 is 0 Å². The predicted octanol–water partition coefficient (Wildman–Crippen LogP) is 2.85. The van der Waals surface area contributed by atoms with Gasteiger partial charge in [0.25, 0.3) is 0 Å². The number of methoxy groups -OCH3 is 1. The summed E-state index contributed by atoms with van der Waals surface area (Å²) < 4.78 is 5.16. The normalized spacial score (nSPS) is 17.4. The van der Waals surface area contributed by atoms with Crippen LogP contribution in [0.5, 0.6) is 5.75 Å². The lowest BCUT2D eigenvalue weighted by Gasteiger charge is -2.36. The summed E-state index contributed by atoms with van der Waals surface area (Å²) in [5, 5.41) is 3.93. The van der Waals surface area contributed by atoms with Crippen molar-refractivity contribution in [2.24, 2.45) is 0 Å². The molecule has 0 spiro atoms. The largest absolute Gasteiger partial charge is 0.495 e. The average molecular weight is 360 g/mol. The topological polar surface area (TPSA) is 54.5 Å². The van der Waals surface area contributed by atoms with Crippen molar-refractivity contribution in [2.75, 3.05) is 26.7 Å². The van der Waals surface area contributed by atoms with E-state index < -0.39 is 0 Å². The third-order valence-electron chi connectivity index (χ3n) is 4.48. The molecule has 5 nitrogen and oxygen atoms in total. The van der Waals surface area contributed by atoms with Gasteiger partial charge in [0.1, 0.15) is 5.75 Å². The quantitative estimate of drug-likeness (QED) is 0.891. The minimum atomic E-state index is 0.0365. The summed E-state index contributed by atoms with van der Waals surface area (Å²) in [4.78, 5) is 18.9. The molecule has 1 aliphatic rings. The van der Waals surface area contributed by atoms with Gasteiger partial charge in [0.2, 0.25) is 5.91 Å². The first kappa shape index (κ1) is 17.7. The Morgan fingerprint density at radius 1 is 1.44 bits per heavy atom. The number of pyridine rings is 1. The van der Waals surface area contributed by atoms with Gasteiger partial charge in [-0.2, -0.15) is 0 Å². The molecule has 6 heteroatoms. The van der Waals surface area contributed by atoms with Gasteiger partial charge in [0.15, 0.2) is 0 Å². The van der Waals surface area contributed by atoms with E-state index in [1.54, 1.807) is 13.3 Å². The molecule has 1 amide bonds. The minimum absolute atomic E-state index is 0.0365. The first-order valence-electron chi connectivity index (χ1n) is 8.41. The van der Waals surface area contributed by atoms with Gasteiger partial charge < -0.3 is 15.0 Å². The molecule has 1 saturated heterocycles. The molecular weight excluding hydrogens is 338 g/mol. The third kappa shape index (κ3) is 4.30. The van der Waals surface area contributed by atoms with Gasteiger partial charge in [0, 0.05) is 38.4 Å². The highest BCUT2D eigenvalue weighted by Gasteiger charge is 2.27. The second-order valence-electron chi connectivity index (χ2n) is 6.06. The Hall–Kier alpha value is -2.11. The zero-order valence-electron chi connectivity index (χ0n) is 14.2. The summed E-state index contributed by atoms with van der Waals surface area (Å²) in [7, 11) is 1.59. The molecule has 1 aromatic heterocycles. The van der Waals surface area contributed by atoms with Crippen molar-refractivity contribution < 1.29 is 9.53 Å². The van der Waals surface area contributed by atoms with Crippen molar-refractivity contribution in [3.05, 3.63) is 58.9 Å². The number of piperazine rings is 1. The molecule has 0 saturated carbocycles. The van der Waals surface area contributed by atoms with Gasteiger partial charge in [-0.3, -0.25) is 9.78 Å². The smallest absolute Gasteiger partial charge is 0.223 e. The Kier molecular flexibility index (Phi) is 5.89. The van der Waals surface area contributed by atoms with Crippen LogP contribution in [0.2, 0.25) is 5.02 Å². The van der Waals surface area contributed by atoms with Crippen LogP contribution in [-0.2, 0) is 11.2 Å². The Morgan fingerprint density at radius 3 is 3.04 bits per heavy atom. The van der Waals surface area contributed by atoms with Gasteiger partial charge in [-0.25, -0.2) is 0 Å². The van der Waals surface area contributed by atoms with E-state index in [1.807, 2.05) is 41.4 Å². The Labute approximate surface area is 153 Å². The fraction of sp³-hybridized carbons (Fsp3) is 0.368. The monoisotopic (exact) mass is 359 g/mol. The zero-order valence-corrected chi connectivity index (χ0v) is 15.0. The van der Waals surface area contributed by atoms with Crippen LogP contribution < -0.4 is 10.1 Å². The van der Waals surface area contributed by atoms with Crippen LogP contribution in [0.4, 0.5) is 0 Å². The number of nitrogens with one attached hydrogen (secondary N) is 1. The van der Waals surface area contributed by atoms with E-state index in [1.165, 1.54) is 0 Å². The molecule has 1 aromatic carbocycles. The zero-order chi connectivity index (χ0) is 17.6. The van der Waals surface area contributed by atoms with E-state index in [0.717, 1.165) is 24.2 Å². The van der Waals surface area contributed by atoms with Crippen molar-refractivity contribution in [3.63, 3.8) is 0 Å². The number of aryl methyl sites for hydroxylation is 1. The van der Waals surface area contributed by atoms with Crippen LogP contribution in [0.1, 0.15) is 23.6 Å². The van der Waals surface area contributed by atoms with Crippen LogP contribution in [0.25, 0.3) is 0 Å². The maximum absolute atomic E-state index is 12.8. The van der Waals surface area contributed by atoms with Crippen molar-refractivity contribution in [1.29, 1.82) is 0 Å². The lowest BCUT2D eigenvalue weighted by atomic mass is 10.0. The van der Waals surface area contributed by atoms with Crippen molar-refractivity contribution in [2.45, 2.75) is 18.9 Å². The molecule has 2 heterocycles. The first-order chi connectivity index (χ1) is 12.2. The minimum Gasteiger partial charge on any atom is -0.495 e. The second kappa shape index (κ2) is 8.32. The lowest BCUT2D eigenvalue weighted by molar-refractivity contribution is -0.134. The van der Waals surface area contributed by atoms with E-state index in [0.29, 0.717) is 30.2 Å². The maximum Gasteiger partial charge on any atom is 0.223 e. The van der Waals surface area contributed by atoms with Gasteiger partial charge >= 0.3 is 0 Å². The van der Waals surface area contributed by atoms with E-state index in [-0.39, 0.29) is 11.9 Å². The standard InChI is InChI=1S/C19H22ClN3O2/c1-25-18-6-4-14(11-16(18)20)5-7-19(24)23-10-9-22-13-17(23)15-3-2-8-21-12-15/h2-4,6,8,11-12,17,22H,5,7,9-10,13H2,1H3. The fourth-order valence-corrected chi connectivity index (χ4v) is 3.41. The fourth-order valence-electron chi connectivity index (χ4n) is 3.13. The summed E-state index contributed by atoms with van der Waals surface area (Å²) in [5.41, 5.74) is 2.10. The molecule has 25 heavy (non-hydrogen) atoms. The Morgan fingerprint density at radius 2 is 2.32 bits per heavy atom. The number of hydrogen-bond donors (Lipinski definition) is 1. The number of amides is 1. The highest BCUT2D eigenvalue weighted by Crippen LogP contribution is 2.26. The molecule has 3 rings (SSSR count). The number of aromatic nitrogens is 1. The Balaban J connectivity index is 1.66. The summed E-state index contributed by atoms with van der Waals surface area (Å²) in [6.07, 6.45) is 4.70. The lowest BCUT2D eigenvalue weighted by Crippen LogP contribution is -2.48. The third-order valence-corrected chi connectivity index (χ3v) is 4.77. The molecule has 1 aliphatic heterocycles. The summed E-state index contributed by atoms with van der Waals surface area (Å²) in [6, 6.07) is 9.62. The van der Waals surface area contributed by atoms with Gasteiger partial charge in [-0.05, 0) is 35.7 Å². The first-order valence-corrected chi connectivity index (χ1v) is 8.79. The van der Waals surface area contributed by atoms with Crippen molar-refractivity contribution in [3.8, 4) is 5.75 Å². The maximum atomic E-state index is 12.8. The number of ether oxygens (including phenoxy) is 1. The van der Waals surface area contributed by atoms with Crippen LogP contribution in [0.3, 0.4) is 0 Å². The molecule has 1 atom stereocenters. The number of rotatable bonds is 5. The number of carbonyl (C=O) groups is 1. The predicted molar refractivity (Wildman–Crippen MR) is 97.9 cm³/mol. The molecular formula is C19H22ClN3O2. The number of nitrogens with zero attached hydrogens (tertiary/aromatic N) is 2. The number of benzene rings is 1. The number of hydrogen-bond acceptors (Lipinski definition) is 4. The van der Waals surface area contributed by atoms with Crippen LogP contribution >= 0.6 is 11.6 Å². The van der Waals surface area contributed by atoms with E-state index in [4.69, 9.17) is 16.3 Å². The average Bonchev–Trinajstić information content (AvgIpc) is 2.67. The highest BCUT2D eigenvalue weighted by molar-refractivity contribution is 6.32. The summed E-state index contributed by atoms with van der Waals surface area (Å²) in [5.74, 6) is 0.804. The Bertz CT molecular complexity index is 724. The number of halogens is 1. The molecule has 1 N–H and O–H groups in total. The molecule has 0 aliphatic carbocycles. The van der Waals surface area contributed by atoms with E-state index in [9.17, 15) is 4.79 Å². The summed E-state index contributed by atoms with van der Waals surface area (Å²) in [6.45, 7) is 2.28. The molecule has 2 aromatic rings. The molecule has 0 bridgehead atoms. The van der Waals surface area contributed by atoms with Crippen LogP contribution in [0.15, 0.2) is 42.7 Å². The van der Waals surface area contributed by atoms with Crippen molar-refractivity contribution >= 4 is 17.5 Å². The second-order valence-corrected chi connectivity index (χ2v) is 6.47. The van der Waals surface area contributed by atoms with Gasteiger partial charge in [-0.15, -0.1) is 0 Å². The molecule has 1 unspecified atom stereocenters. The molecule has 1 fully saturated rings. The molecule has 0 radical (unpaired) electrons. The van der Waals surface area contributed by atoms with Gasteiger partial charge in [0.05, 0.1) is 18.2 Å². The van der Waals surface area contributed by atoms with Crippen molar-refractivity contribution in [1.82, 2.24) is 15.2 Å². The van der Waals surface area contributed by atoms with Gasteiger partial charge in [-0.1, -0.05) is 23.7 Å². The van der Waals surface area contributed by atoms with Crippen LogP contribution in [-0.4, -0.2) is 42.5 Å².